The number of aromatic nitrogens is 2. The predicted molar refractivity (Wildman–Crippen MR) is 114 cm³/mol. The predicted octanol–water partition coefficient (Wildman–Crippen LogP) is 2.80. The minimum absolute atomic E-state index is 0.159. The Bertz CT molecular complexity index is 1220. The van der Waals surface area contributed by atoms with Crippen LogP contribution in [0.5, 0.6) is 11.5 Å². The third kappa shape index (κ3) is 4.40. The summed E-state index contributed by atoms with van der Waals surface area (Å²) in [6.07, 6.45) is 0. The molecule has 0 radical (unpaired) electrons. The van der Waals surface area contributed by atoms with Gasteiger partial charge in [-0.05, 0) is 49.4 Å². The lowest BCUT2D eigenvalue weighted by Gasteiger charge is -2.15. The average molecular weight is 420 g/mol. The number of nitrogens with one attached hydrogen (secondary N) is 2. The highest BCUT2D eigenvalue weighted by molar-refractivity contribution is 5.95. The molecule has 158 valence electrons. The fourth-order valence-corrected chi connectivity index (χ4v) is 3.15. The van der Waals surface area contributed by atoms with Crippen LogP contribution in [0.25, 0.3) is 11.3 Å². The molecule has 9 heteroatoms. The lowest BCUT2D eigenvalue weighted by atomic mass is 10.1. The molecule has 2 heterocycles. The van der Waals surface area contributed by atoms with Gasteiger partial charge < -0.3 is 20.1 Å². The van der Waals surface area contributed by atoms with Crippen LogP contribution in [-0.4, -0.2) is 28.4 Å². The Morgan fingerprint density at radius 2 is 1.74 bits per heavy atom. The Morgan fingerprint density at radius 3 is 2.52 bits per heavy atom. The van der Waals surface area contributed by atoms with Gasteiger partial charge >= 0.3 is 0 Å². The van der Waals surface area contributed by atoms with Gasteiger partial charge in [0.2, 0.25) is 18.6 Å². The molecular weight excluding hydrogens is 400 g/mol. The SMILES string of the molecule is CC(=O)Nc1cccc(NC(=O)C(C)n2nc(-c3ccc4c(c3)OCO4)ccc2=O)c1. The quantitative estimate of drug-likeness (QED) is 0.657. The van der Waals surface area contributed by atoms with E-state index in [0.717, 1.165) is 10.2 Å². The fourth-order valence-electron chi connectivity index (χ4n) is 3.15. The molecule has 2 aromatic carbocycles. The lowest BCUT2D eigenvalue weighted by molar-refractivity contribution is -0.119. The number of carbonyl (C=O) groups is 2. The van der Waals surface area contributed by atoms with E-state index >= 15 is 0 Å². The summed E-state index contributed by atoms with van der Waals surface area (Å²) in [5.74, 6) is 0.610. The van der Waals surface area contributed by atoms with E-state index in [1.807, 2.05) is 6.07 Å². The van der Waals surface area contributed by atoms with Crippen LogP contribution in [0, 0.1) is 0 Å². The van der Waals surface area contributed by atoms with Crippen LogP contribution in [0.3, 0.4) is 0 Å². The van der Waals surface area contributed by atoms with Gasteiger partial charge in [-0.25, -0.2) is 4.68 Å². The molecule has 0 bridgehead atoms. The van der Waals surface area contributed by atoms with Crippen molar-refractivity contribution in [2.75, 3.05) is 17.4 Å². The summed E-state index contributed by atoms with van der Waals surface area (Å²) in [6, 6.07) is 14.2. The van der Waals surface area contributed by atoms with E-state index in [2.05, 4.69) is 15.7 Å². The summed E-state index contributed by atoms with van der Waals surface area (Å²) < 4.78 is 11.8. The molecule has 1 atom stereocenters. The first-order chi connectivity index (χ1) is 14.9. The molecule has 0 spiro atoms. The van der Waals surface area contributed by atoms with Gasteiger partial charge in [-0.15, -0.1) is 0 Å². The van der Waals surface area contributed by atoms with Crippen molar-refractivity contribution in [2.24, 2.45) is 0 Å². The van der Waals surface area contributed by atoms with Crippen molar-refractivity contribution in [1.82, 2.24) is 9.78 Å². The molecule has 1 aromatic heterocycles. The van der Waals surface area contributed by atoms with Crippen LogP contribution >= 0.6 is 0 Å². The molecule has 1 aliphatic rings. The zero-order valence-electron chi connectivity index (χ0n) is 16.9. The zero-order chi connectivity index (χ0) is 22.0. The van der Waals surface area contributed by atoms with Gasteiger partial charge in [0.25, 0.3) is 5.56 Å². The third-order valence-electron chi connectivity index (χ3n) is 4.69. The summed E-state index contributed by atoms with van der Waals surface area (Å²) in [4.78, 5) is 36.4. The van der Waals surface area contributed by atoms with E-state index in [9.17, 15) is 14.4 Å². The Labute approximate surface area is 177 Å². The van der Waals surface area contributed by atoms with Gasteiger partial charge in [-0.2, -0.15) is 5.10 Å². The van der Waals surface area contributed by atoms with Crippen molar-refractivity contribution in [3.8, 4) is 22.8 Å². The molecule has 1 unspecified atom stereocenters. The number of amides is 2. The number of anilines is 2. The van der Waals surface area contributed by atoms with Crippen molar-refractivity contribution in [3.05, 3.63) is 65.0 Å². The van der Waals surface area contributed by atoms with Crippen molar-refractivity contribution < 1.29 is 19.1 Å². The number of hydrogen-bond donors (Lipinski definition) is 2. The van der Waals surface area contributed by atoms with Crippen LogP contribution in [0.4, 0.5) is 11.4 Å². The third-order valence-corrected chi connectivity index (χ3v) is 4.69. The Morgan fingerprint density at radius 1 is 1.00 bits per heavy atom. The van der Waals surface area contributed by atoms with E-state index in [-0.39, 0.29) is 12.7 Å². The van der Waals surface area contributed by atoms with Gasteiger partial charge in [0.15, 0.2) is 11.5 Å². The van der Waals surface area contributed by atoms with Crippen LogP contribution < -0.4 is 25.7 Å². The first kappa shape index (κ1) is 20.1. The maximum atomic E-state index is 12.8. The van der Waals surface area contributed by atoms with Crippen LogP contribution in [-0.2, 0) is 9.59 Å². The summed E-state index contributed by atoms with van der Waals surface area (Å²) in [5, 5.41) is 9.78. The smallest absolute Gasteiger partial charge is 0.267 e. The van der Waals surface area contributed by atoms with E-state index in [1.165, 1.54) is 13.0 Å². The van der Waals surface area contributed by atoms with Crippen molar-refractivity contribution >= 4 is 23.2 Å². The molecular formula is C22H20N4O5. The largest absolute Gasteiger partial charge is 0.454 e. The summed E-state index contributed by atoms with van der Waals surface area (Å²) >= 11 is 0. The van der Waals surface area contributed by atoms with Crippen molar-refractivity contribution in [3.63, 3.8) is 0 Å². The minimum atomic E-state index is -0.870. The molecule has 0 fully saturated rings. The molecule has 0 saturated heterocycles. The van der Waals surface area contributed by atoms with Crippen molar-refractivity contribution in [2.45, 2.75) is 19.9 Å². The van der Waals surface area contributed by atoms with E-state index in [4.69, 9.17) is 9.47 Å². The molecule has 2 N–H and O–H groups in total. The molecule has 31 heavy (non-hydrogen) atoms. The normalized spacial score (nSPS) is 12.8. The molecule has 0 saturated carbocycles. The number of rotatable bonds is 5. The second-order valence-corrected chi connectivity index (χ2v) is 7.00. The number of hydrogen-bond acceptors (Lipinski definition) is 6. The lowest BCUT2D eigenvalue weighted by Crippen LogP contribution is -2.33. The summed E-state index contributed by atoms with van der Waals surface area (Å²) in [6.45, 7) is 3.15. The number of benzene rings is 2. The van der Waals surface area contributed by atoms with Crippen molar-refractivity contribution in [1.29, 1.82) is 0 Å². The first-order valence-corrected chi connectivity index (χ1v) is 9.59. The highest BCUT2D eigenvalue weighted by atomic mass is 16.7. The summed E-state index contributed by atoms with van der Waals surface area (Å²) in [5.41, 5.74) is 1.89. The topological polar surface area (TPSA) is 112 Å². The maximum Gasteiger partial charge on any atom is 0.267 e. The Balaban J connectivity index is 1.56. The van der Waals surface area contributed by atoms with Gasteiger partial charge in [0.1, 0.15) is 6.04 Å². The maximum absolute atomic E-state index is 12.8. The minimum Gasteiger partial charge on any atom is -0.454 e. The molecule has 3 aromatic rings. The number of ether oxygens (including phenoxy) is 2. The van der Waals surface area contributed by atoms with Crippen LogP contribution in [0.1, 0.15) is 19.9 Å². The van der Waals surface area contributed by atoms with E-state index < -0.39 is 17.5 Å². The number of fused-ring (bicyclic) bond motifs is 1. The Kier molecular flexibility index (Phi) is 5.40. The Hall–Kier alpha value is -4.14. The monoisotopic (exact) mass is 420 g/mol. The molecule has 1 aliphatic heterocycles. The standard InChI is InChI=1S/C22H20N4O5/c1-13(22(29)24-17-5-3-4-16(11-17)23-14(2)27)26-21(28)9-7-18(25-26)15-6-8-19-20(10-15)31-12-30-19/h3-11,13H,12H2,1-2H3,(H,23,27)(H,24,29). The molecule has 0 aliphatic carbocycles. The first-order valence-electron chi connectivity index (χ1n) is 9.59. The fraction of sp³-hybridized carbons (Fsp3) is 0.182. The van der Waals surface area contributed by atoms with E-state index in [1.54, 1.807) is 49.4 Å². The highest BCUT2D eigenvalue weighted by Crippen LogP contribution is 2.35. The second-order valence-electron chi connectivity index (χ2n) is 7.00. The van der Waals surface area contributed by atoms with E-state index in [0.29, 0.717) is 28.6 Å². The van der Waals surface area contributed by atoms with Gasteiger partial charge in [-0.1, -0.05) is 6.07 Å². The number of carbonyl (C=O) groups excluding carboxylic acids is 2. The molecule has 9 nitrogen and oxygen atoms in total. The van der Waals surface area contributed by atoms with Gasteiger partial charge in [0, 0.05) is 29.9 Å². The second kappa shape index (κ2) is 8.31. The van der Waals surface area contributed by atoms with Gasteiger partial charge in [0.05, 0.1) is 5.69 Å². The molecule has 2 amide bonds. The average Bonchev–Trinajstić information content (AvgIpc) is 3.21. The summed E-state index contributed by atoms with van der Waals surface area (Å²) in [7, 11) is 0. The number of nitrogens with zero attached hydrogens (tertiary/aromatic N) is 2. The van der Waals surface area contributed by atoms with Gasteiger partial charge in [-0.3, -0.25) is 14.4 Å². The van der Waals surface area contributed by atoms with Crippen LogP contribution in [0.2, 0.25) is 0 Å². The highest BCUT2D eigenvalue weighted by Gasteiger charge is 2.20. The van der Waals surface area contributed by atoms with Crippen LogP contribution in [0.15, 0.2) is 59.4 Å². The molecule has 4 rings (SSSR count). The zero-order valence-corrected chi connectivity index (χ0v) is 16.9.